The van der Waals surface area contributed by atoms with E-state index < -0.39 is 12.1 Å². The number of rotatable bonds is 8. The van der Waals surface area contributed by atoms with Crippen molar-refractivity contribution >= 4 is 17.8 Å². The summed E-state index contributed by atoms with van der Waals surface area (Å²) in [5, 5.41) is 0. The Hall–Kier alpha value is -3.08. The van der Waals surface area contributed by atoms with Gasteiger partial charge in [-0.25, -0.2) is 4.79 Å². The van der Waals surface area contributed by atoms with E-state index in [0.29, 0.717) is 23.7 Å². The molecule has 2 aromatic rings. The van der Waals surface area contributed by atoms with Gasteiger partial charge < -0.3 is 14.2 Å². The first kappa shape index (κ1) is 20.2. The molecule has 2 aromatic carbocycles. The number of carbonyl (C=O) groups excluding carboxylic acids is 2. The Labute approximate surface area is 159 Å². The van der Waals surface area contributed by atoms with Crippen LogP contribution in [-0.4, -0.2) is 31.6 Å². The van der Waals surface area contributed by atoms with Gasteiger partial charge in [-0.2, -0.15) is 0 Å². The Bertz CT molecular complexity index is 821. The van der Waals surface area contributed by atoms with Crippen LogP contribution >= 0.6 is 0 Å². The maximum Gasteiger partial charge on any atom is 0.331 e. The third-order valence-corrected chi connectivity index (χ3v) is 3.90. The van der Waals surface area contributed by atoms with Crippen LogP contribution in [0.25, 0.3) is 6.08 Å². The lowest BCUT2D eigenvalue weighted by atomic mass is 10.1. The van der Waals surface area contributed by atoms with Gasteiger partial charge in [0.15, 0.2) is 17.6 Å². The minimum atomic E-state index is -0.861. The molecule has 0 fully saturated rings. The summed E-state index contributed by atoms with van der Waals surface area (Å²) in [5.74, 6) is 0.391. The Morgan fingerprint density at radius 1 is 1.07 bits per heavy atom. The second-order valence-electron chi connectivity index (χ2n) is 5.99. The zero-order valence-electron chi connectivity index (χ0n) is 16.0. The second kappa shape index (κ2) is 9.57. The van der Waals surface area contributed by atoms with Crippen molar-refractivity contribution in [2.75, 3.05) is 13.7 Å². The summed E-state index contributed by atoms with van der Waals surface area (Å²) in [5.41, 5.74) is 2.33. The van der Waals surface area contributed by atoms with Crippen LogP contribution in [0.5, 0.6) is 11.5 Å². The van der Waals surface area contributed by atoms with E-state index in [-0.39, 0.29) is 5.78 Å². The van der Waals surface area contributed by atoms with Gasteiger partial charge in [0.2, 0.25) is 5.78 Å². The molecule has 2 rings (SSSR count). The number of hydrogen-bond acceptors (Lipinski definition) is 5. The van der Waals surface area contributed by atoms with Crippen molar-refractivity contribution in [3.05, 3.63) is 65.2 Å². The molecule has 0 N–H and O–H groups in total. The standard InChI is InChI=1S/C22H24O5/c1-5-26-19-12-8-17(14-20(19)25-4)9-13-21(23)27-16(3)22(24)18-10-6-15(2)7-11-18/h6-14,16H,5H2,1-4H3/b13-9+/t16-/m1/s1. The third-order valence-electron chi connectivity index (χ3n) is 3.90. The molecule has 142 valence electrons. The Morgan fingerprint density at radius 2 is 1.78 bits per heavy atom. The SMILES string of the molecule is CCOc1ccc(/C=C/C(=O)O[C@H](C)C(=O)c2ccc(C)cc2)cc1OC. The number of carbonyl (C=O) groups is 2. The molecule has 5 nitrogen and oxygen atoms in total. The molecular weight excluding hydrogens is 344 g/mol. The van der Waals surface area contributed by atoms with Crippen LogP contribution in [0, 0.1) is 6.92 Å². The Kier molecular flexibility index (Phi) is 7.17. The van der Waals surface area contributed by atoms with Crippen LogP contribution in [-0.2, 0) is 9.53 Å². The van der Waals surface area contributed by atoms with Crippen LogP contribution in [0.3, 0.4) is 0 Å². The van der Waals surface area contributed by atoms with Crippen molar-refractivity contribution in [3.63, 3.8) is 0 Å². The molecule has 0 spiro atoms. The van der Waals surface area contributed by atoms with Crippen molar-refractivity contribution in [1.29, 1.82) is 0 Å². The number of hydrogen-bond donors (Lipinski definition) is 0. The van der Waals surface area contributed by atoms with Gasteiger partial charge in [-0.05, 0) is 44.5 Å². The smallest absolute Gasteiger partial charge is 0.331 e. The minimum Gasteiger partial charge on any atom is -0.493 e. The van der Waals surface area contributed by atoms with Crippen molar-refractivity contribution in [1.82, 2.24) is 0 Å². The summed E-state index contributed by atoms with van der Waals surface area (Å²) >= 11 is 0. The fourth-order valence-electron chi connectivity index (χ4n) is 2.45. The van der Waals surface area contributed by atoms with Gasteiger partial charge >= 0.3 is 5.97 Å². The molecule has 0 bridgehead atoms. The van der Waals surface area contributed by atoms with Crippen molar-refractivity contribution in [2.24, 2.45) is 0 Å². The number of Topliss-reactive ketones (excluding diaryl/α,β-unsaturated/α-hetero) is 1. The topological polar surface area (TPSA) is 61.8 Å². The lowest BCUT2D eigenvalue weighted by Crippen LogP contribution is -2.23. The maximum absolute atomic E-state index is 12.3. The second-order valence-corrected chi connectivity index (χ2v) is 5.99. The molecular formula is C22H24O5. The van der Waals surface area contributed by atoms with E-state index in [1.54, 1.807) is 50.4 Å². The molecule has 0 unspecified atom stereocenters. The minimum absolute atomic E-state index is 0.237. The van der Waals surface area contributed by atoms with E-state index in [1.165, 1.54) is 6.08 Å². The summed E-state index contributed by atoms with van der Waals surface area (Å²) in [7, 11) is 1.55. The van der Waals surface area contributed by atoms with E-state index in [2.05, 4.69) is 0 Å². The van der Waals surface area contributed by atoms with E-state index in [1.807, 2.05) is 26.0 Å². The Morgan fingerprint density at radius 3 is 2.41 bits per heavy atom. The van der Waals surface area contributed by atoms with Crippen LogP contribution in [0.15, 0.2) is 48.5 Å². The Balaban J connectivity index is 2.00. The first-order valence-corrected chi connectivity index (χ1v) is 8.75. The maximum atomic E-state index is 12.3. The monoisotopic (exact) mass is 368 g/mol. The molecule has 0 aliphatic carbocycles. The summed E-state index contributed by atoms with van der Waals surface area (Å²) in [6.45, 7) is 5.93. The molecule has 27 heavy (non-hydrogen) atoms. The summed E-state index contributed by atoms with van der Waals surface area (Å²) in [6.07, 6.45) is 2.03. The first-order valence-electron chi connectivity index (χ1n) is 8.75. The molecule has 0 saturated carbocycles. The molecule has 0 radical (unpaired) electrons. The number of methoxy groups -OCH3 is 1. The molecule has 0 aromatic heterocycles. The zero-order valence-corrected chi connectivity index (χ0v) is 16.0. The number of aryl methyl sites for hydroxylation is 1. The van der Waals surface area contributed by atoms with Gasteiger partial charge in [-0.1, -0.05) is 35.9 Å². The average molecular weight is 368 g/mol. The fourth-order valence-corrected chi connectivity index (χ4v) is 2.45. The number of ether oxygens (including phenoxy) is 3. The largest absolute Gasteiger partial charge is 0.493 e. The van der Waals surface area contributed by atoms with Gasteiger partial charge in [0.05, 0.1) is 13.7 Å². The molecule has 0 aliphatic rings. The quantitative estimate of drug-likeness (QED) is 0.396. The molecule has 5 heteroatoms. The van der Waals surface area contributed by atoms with Crippen molar-refractivity contribution in [2.45, 2.75) is 26.9 Å². The van der Waals surface area contributed by atoms with Gasteiger partial charge in [-0.3, -0.25) is 4.79 Å². The van der Waals surface area contributed by atoms with Crippen LogP contribution < -0.4 is 9.47 Å². The lowest BCUT2D eigenvalue weighted by molar-refractivity contribution is -0.140. The highest BCUT2D eigenvalue weighted by Gasteiger charge is 2.18. The number of benzene rings is 2. The highest BCUT2D eigenvalue weighted by Crippen LogP contribution is 2.28. The number of ketones is 1. The third kappa shape index (κ3) is 5.71. The molecule has 1 atom stereocenters. The van der Waals surface area contributed by atoms with Gasteiger partial charge in [0.25, 0.3) is 0 Å². The van der Waals surface area contributed by atoms with Crippen LogP contribution in [0.4, 0.5) is 0 Å². The summed E-state index contributed by atoms with van der Waals surface area (Å²) in [4.78, 5) is 24.3. The lowest BCUT2D eigenvalue weighted by Gasteiger charge is -2.11. The first-order chi connectivity index (χ1) is 12.9. The van der Waals surface area contributed by atoms with E-state index in [0.717, 1.165) is 11.1 Å². The van der Waals surface area contributed by atoms with E-state index >= 15 is 0 Å². The number of esters is 1. The summed E-state index contributed by atoms with van der Waals surface area (Å²) < 4.78 is 15.9. The fraction of sp³-hybridized carbons (Fsp3) is 0.273. The average Bonchev–Trinajstić information content (AvgIpc) is 2.67. The van der Waals surface area contributed by atoms with E-state index in [4.69, 9.17) is 14.2 Å². The highest BCUT2D eigenvalue weighted by atomic mass is 16.5. The summed E-state index contributed by atoms with van der Waals surface area (Å²) in [6, 6.07) is 12.5. The van der Waals surface area contributed by atoms with Crippen molar-refractivity contribution < 1.29 is 23.8 Å². The highest BCUT2D eigenvalue weighted by molar-refractivity contribution is 6.01. The van der Waals surface area contributed by atoms with Gasteiger partial charge in [0.1, 0.15) is 0 Å². The van der Waals surface area contributed by atoms with Gasteiger partial charge in [-0.15, -0.1) is 0 Å². The van der Waals surface area contributed by atoms with Crippen LogP contribution in [0.2, 0.25) is 0 Å². The predicted molar refractivity (Wildman–Crippen MR) is 104 cm³/mol. The molecule has 0 saturated heterocycles. The van der Waals surface area contributed by atoms with E-state index in [9.17, 15) is 9.59 Å². The predicted octanol–water partition coefficient (Wildman–Crippen LogP) is 4.23. The normalized spacial score (nSPS) is 11.9. The zero-order chi connectivity index (χ0) is 19.8. The van der Waals surface area contributed by atoms with Crippen LogP contribution in [0.1, 0.15) is 35.3 Å². The van der Waals surface area contributed by atoms with Crippen molar-refractivity contribution in [3.8, 4) is 11.5 Å². The van der Waals surface area contributed by atoms with Gasteiger partial charge in [0, 0.05) is 11.6 Å². The molecule has 0 amide bonds. The molecule has 0 heterocycles. The molecule has 0 aliphatic heterocycles.